The summed E-state index contributed by atoms with van der Waals surface area (Å²) in [5, 5.41) is 0. The van der Waals surface area contributed by atoms with Crippen molar-refractivity contribution < 1.29 is 4.79 Å². The van der Waals surface area contributed by atoms with E-state index in [1.165, 1.54) is 11.1 Å². The first-order valence-electron chi connectivity index (χ1n) is 3.14. The minimum absolute atomic E-state index is 0.852. The van der Waals surface area contributed by atoms with Gasteiger partial charge in [0.05, 0.1) is 0 Å². The minimum Gasteiger partial charge on any atom is -0.299 e. The van der Waals surface area contributed by atoms with Gasteiger partial charge in [0, 0.05) is 0 Å². The normalized spacial score (nSPS) is 22.3. The van der Waals surface area contributed by atoms with Crippen LogP contribution in [-0.4, -0.2) is 6.29 Å². The summed E-state index contributed by atoms with van der Waals surface area (Å²) in [7, 11) is 0. The third-order valence-corrected chi connectivity index (χ3v) is 1.52. The zero-order valence-corrected chi connectivity index (χ0v) is 5.55. The lowest BCUT2D eigenvalue weighted by Crippen LogP contribution is -1.69. The molecule has 1 aliphatic rings. The highest BCUT2D eigenvalue weighted by atomic mass is 16.1. The van der Waals surface area contributed by atoms with Crippen LogP contribution < -0.4 is 0 Å². The minimum atomic E-state index is 0.852. The number of aldehydes is 1. The third-order valence-electron chi connectivity index (χ3n) is 1.52. The lowest BCUT2D eigenvalue weighted by Gasteiger charge is -1.83. The average Bonchev–Trinajstić information content (AvgIpc) is 2.17. The number of carbonyl (C=O) groups is 1. The van der Waals surface area contributed by atoms with Crippen LogP contribution in [0.2, 0.25) is 0 Å². The Hall–Kier alpha value is -0.850. The van der Waals surface area contributed by atoms with Gasteiger partial charge in [0.1, 0.15) is 6.29 Å². The molecule has 48 valence electrons. The van der Waals surface area contributed by atoms with Crippen molar-refractivity contribution in [3.8, 4) is 0 Å². The lowest BCUT2D eigenvalue weighted by molar-refractivity contribution is -0.104. The molecule has 0 aromatic carbocycles. The van der Waals surface area contributed by atoms with E-state index in [9.17, 15) is 4.79 Å². The Kier molecular flexibility index (Phi) is 1.83. The molecule has 0 aromatic heterocycles. The molecule has 0 spiro atoms. The molecule has 0 radical (unpaired) electrons. The largest absolute Gasteiger partial charge is 0.299 e. The zero-order valence-electron chi connectivity index (χ0n) is 5.55. The van der Waals surface area contributed by atoms with Crippen LogP contribution in [0.3, 0.4) is 0 Å². The van der Waals surface area contributed by atoms with Crippen molar-refractivity contribution in [2.75, 3.05) is 0 Å². The summed E-state index contributed by atoms with van der Waals surface area (Å²) >= 11 is 0. The van der Waals surface area contributed by atoms with Crippen LogP contribution in [0.1, 0.15) is 19.8 Å². The van der Waals surface area contributed by atoms with Crippen molar-refractivity contribution in [3.63, 3.8) is 0 Å². The van der Waals surface area contributed by atoms with Gasteiger partial charge in [0.2, 0.25) is 0 Å². The van der Waals surface area contributed by atoms with Gasteiger partial charge in [0.25, 0.3) is 0 Å². The Balaban J connectivity index is 2.67. The standard InChI is InChI=1S/C8H10O/c1-7-2-3-8(6-7)4-5-9/h4-6H,2-3H2,1H3/b8-4+. The van der Waals surface area contributed by atoms with E-state index in [0.717, 1.165) is 19.1 Å². The first-order chi connectivity index (χ1) is 4.33. The smallest absolute Gasteiger partial charge is 0.143 e. The van der Waals surface area contributed by atoms with Crippen LogP contribution in [0.4, 0.5) is 0 Å². The predicted molar refractivity (Wildman–Crippen MR) is 37.1 cm³/mol. The number of hydrogen-bond donors (Lipinski definition) is 0. The summed E-state index contributed by atoms with van der Waals surface area (Å²) in [6.07, 6.45) is 6.74. The number of rotatable bonds is 1. The first-order valence-corrected chi connectivity index (χ1v) is 3.14. The van der Waals surface area contributed by atoms with Gasteiger partial charge in [-0.15, -0.1) is 0 Å². The fraction of sp³-hybridized carbons (Fsp3) is 0.375. The van der Waals surface area contributed by atoms with Crippen molar-refractivity contribution in [1.82, 2.24) is 0 Å². The van der Waals surface area contributed by atoms with Gasteiger partial charge in [-0.2, -0.15) is 0 Å². The monoisotopic (exact) mass is 122 g/mol. The highest BCUT2D eigenvalue weighted by Crippen LogP contribution is 2.21. The topological polar surface area (TPSA) is 17.1 Å². The second-order valence-corrected chi connectivity index (χ2v) is 2.37. The third kappa shape index (κ3) is 1.53. The van der Waals surface area contributed by atoms with Crippen LogP contribution in [0.15, 0.2) is 23.3 Å². The van der Waals surface area contributed by atoms with E-state index in [1.54, 1.807) is 6.08 Å². The van der Waals surface area contributed by atoms with Gasteiger partial charge in [-0.3, -0.25) is 4.79 Å². The van der Waals surface area contributed by atoms with Crippen molar-refractivity contribution >= 4 is 6.29 Å². The predicted octanol–water partition coefficient (Wildman–Crippen LogP) is 1.85. The van der Waals surface area contributed by atoms with Crippen LogP contribution in [0.5, 0.6) is 0 Å². The van der Waals surface area contributed by atoms with E-state index in [1.807, 2.05) is 0 Å². The SMILES string of the molecule is CC1=C/C(=C/C=O)CC1. The molecular weight excluding hydrogens is 112 g/mol. The van der Waals surface area contributed by atoms with E-state index in [2.05, 4.69) is 13.0 Å². The van der Waals surface area contributed by atoms with Gasteiger partial charge in [-0.1, -0.05) is 11.6 Å². The second kappa shape index (κ2) is 2.62. The number of hydrogen-bond acceptors (Lipinski definition) is 1. The summed E-state index contributed by atoms with van der Waals surface area (Å²) in [4.78, 5) is 9.96. The molecule has 0 saturated heterocycles. The zero-order chi connectivity index (χ0) is 6.69. The molecule has 0 bridgehead atoms. The number of carbonyl (C=O) groups excluding carboxylic acids is 1. The molecule has 0 aromatic rings. The molecule has 1 heteroatoms. The molecule has 0 atom stereocenters. The van der Waals surface area contributed by atoms with E-state index in [4.69, 9.17) is 0 Å². The molecule has 0 aliphatic heterocycles. The molecule has 0 unspecified atom stereocenters. The van der Waals surface area contributed by atoms with Crippen LogP contribution in [-0.2, 0) is 4.79 Å². The lowest BCUT2D eigenvalue weighted by atomic mass is 10.2. The highest BCUT2D eigenvalue weighted by Gasteiger charge is 2.02. The Morgan fingerprint density at radius 1 is 1.56 bits per heavy atom. The Morgan fingerprint density at radius 3 is 2.78 bits per heavy atom. The summed E-state index contributed by atoms with van der Waals surface area (Å²) in [6.45, 7) is 2.09. The molecule has 0 saturated carbocycles. The molecule has 0 N–H and O–H groups in total. The maximum atomic E-state index is 9.96. The maximum Gasteiger partial charge on any atom is 0.143 e. The van der Waals surface area contributed by atoms with Crippen LogP contribution >= 0.6 is 0 Å². The molecular formula is C8H10O. The number of allylic oxidation sites excluding steroid dienone is 4. The average molecular weight is 122 g/mol. The fourth-order valence-corrected chi connectivity index (χ4v) is 1.02. The first kappa shape index (κ1) is 6.27. The van der Waals surface area contributed by atoms with Crippen molar-refractivity contribution in [2.45, 2.75) is 19.8 Å². The van der Waals surface area contributed by atoms with E-state index < -0.39 is 0 Å². The van der Waals surface area contributed by atoms with E-state index in [-0.39, 0.29) is 0 Å². The van der Waals surface area contributed by atoms with Gasteiger partial charge in [-0.05, 0) is 31.4 Å². The highest BCUT2D eigenvalue weighted by molar-refractivity contribution is 5.67. The molecule has 9 heavy (non-hydrogen) atoms. The molecule has 1 rings (SSSR count). The second-order valence-electron chi connectivity index (χ2n) is 2.37. The Morgan fingerprint density at radius 2 is 2.33 bits per heavy atom. The van der Waals surface area contributed by atoms with Gasteiger partial charge < -0.3 is 0 Å². The summed E-state index contributed by atoms with van der Waals surface area (Å²) in [5.41, 5.74) is 2.55. The van der Waals surface area contributed by atoms with Crippen molar-refractivity contribution in [3.05, 3.63) is 23.3 Å². The molecule has 1 nitrogen and oxygen atoms in total. The summed E-state index contributed by atoms with van der Waals surface area (Å²) in [5.74, 6) is 0. The fourth-order valence-electron chi connectivity index (χ4n) is 1.02. The van der Waals surface area contributed by atoms with Crippen LogP contribution in [0.25, 0.3) is 0 Å². The van der Waals surface area contributed by atoms with E-state index in [0.29, 0.717) is 0 Å². The molecule has 0 fully saturated rings. The van der Waals surface area contributed by atoms with Crippen LogP contribution in [0, 0.1) is 0 Å². The quantitative estimate of drug-likeness (QED) is 0.383. The van der Waals surface area contributed by atoms with Crippen molar-refractivity contribution in [1.29, 1.82) is 0 Å². The molecule has 0 amide bonds. The summed E-state index contributed by atoms with van der Waals surface area (Å²) in [6, 6.07) is 0. The Bertz CT molecular complexity index is 172. The molecule has 1 aliphatic carbocycles. The van der Waals surface area contributed by atoms with Crippen molar-refractivity contribution in [2.24, 2.45) is 0 Å². The maximum absolute atomic E-state index is 9.96. The van der Waals surface area contributed by atoms with E-state index >= 15 is 0 Å². The van der Waals surface area contributed by atoms with Gasteiger partial charge in [0.15, 0.2) is 0 Å². The van der Waals surface area contributed by atoms with Gasteiger partial charge >= 0.3 is 0 Å². The van der Waals surface area contributed by atoms with Gasteiger partial charge in [-0.25, -0.2) is 0 Å². The summed E-state index contributed by atoms with van der Waals surface area (Å²) < 4.78 is 0. The Labute approximate surface area is 55.1 Å². The molecule has 0 heterocycles.